The van der Waals surface area contributed by atoms with Gasteiger partial charge in [0.15, 0.2) is 5.82 Å². The summed E-state index contributed by atoms with van der Waals surface area (Å²) >= 11 is 1.13. The summed E-state index contributed by atoms with van der Waals surface area (Å²) in [5, 5.41) is 15.6. The van der Waals surface area contributed by atoms with Gasteiger partial charge in [0, 0.05) is 24.2 Å². The Morgan fingerprint density at radius 2 is 2.00 bits per heavy atom. The molecule has 1 aromatic carbocycles. The predicted octanol–water partition coefficient (Wildman–Crippen LogP) is 3.34. The smallest absolute Gasteiger partial charge is 0.269 e. The van der Waals surface area contributed by atoms with Gasteiger partial charge in [-0.1, -0.05) is 17.8 Å². The second-order valence-corrected chi connectivity index (χ2v) is 7.09. The molecule has 0 atom stereocenters. The summed E-state index contributed by atoms with van der Waals surface area (Å²) < 4.78 is 6.08. The molecule has 1 amide bonds. The lowest BCUT2D eigenvalue weighted by molar-refractivity contribution is 0.102. The molecular formula is C18H20N6OS. The van der Waals surface area contributed by atoms with Crippen molar-refractivity contribution >= 4 is 23.1 Å². The Hall–Kier alpha value is -2.61. The number of carbonyl (C=O) groups excluding carboxylic acids is 1. The maximum absolute atomic E-state index is 12.4. The van der Waals surface area contributed by atoms with E-state index in [1.807, 2.05) is 31.2 Å². The van der Waals surface area contributed by atoms with Crippen LogP contribution in [0.5, 0.6) is 0 Å². The number of rotatable bonds is 4. The van der Waals surface area contributed by atoms with Gasteiger partial charge in [-0.25, -0.2) is 0 Å². The molecule has 3 heterocycles. The molecule has 3 aromatic rings. The van der Waals surface area contributed by atoms with Crippen molar-refractivity contribution in [2.45, 2.75) is 45.6 Å². The average Bonchev–Trinajstić information content (AvgIpc) is 3.23. The van der Waals surface area contributed by atoms with Crippen LogP contribution in [0.1, 0.15) is 47.4 Å². The molecule has 0 unspecified atom stereocenters. The summed E-state index contributed by atoms with van der Waals surface area (Å²) in [7, 11) is 0. The molecule has 134 valence electrons. The highest BCUT2D eigenvalue weighted by Gasteiger charge is 2.17. The van der Waals surface area contributed by atoms with Crippen molar-refractivity contribution in [2.24, 2.45) is 0 Å². The Morgan fingerprint density at radius 3 is 2.81 bits per heavy atom. The third-order valence-corrected chi connectivity index (χ3v) is 5.37. The van der Waals surface area contributed by atoms with E-state index in [0.717, 1.165) is 59.5 Å². The molecule has 7 nitrogen and oxygen atoms in total. The highest BCUT2D eigenvalue weighted by atomic mass is 32.1. The van der Waals surface area contributed by atoms with Crippen LogP contribution in [0.2, 0.25) is 0 Å². The van der Waals surface area contributed by atoms with Crippen LogP contribution >= 0.6 is 11.5 Å². The first-order valence-corrected chi connectivity index (χ1v) is 9.68. The molecule has 0 aliphatic carbocycles. The molecular weight excluding hydrogens is 348 g/mol. The van der Waals surface area contributed by atoms with E-state index in [1.165, 1.54) is 12.8 Å². The molecule has 0 saturated carbocycles. The highest BCUT2D eigenvalue weighted by Crippen LogP contribution is 2.24. The molecule has 0 fully saturated rings. The minimum atomic E-state index is -0.166. The van der Waals surface area contributed by atoms with Gasteiger partial charge in [-0.05, 0) is 55.1 Å². The number of aryl methyl sites for hydroxylation is 2. The van der Waals surface area contributed by atoms with Gasteiger partial charge in [0.05, 0.1) is 5.69 Å². The number of fused-ring (bicyclic) bond motifs is 1. The summed E-state index contributed by atoms with van der Waals surface area (Å²) in [6, 6.07) is 7.74. The first-order chi connectivity index (χ1) is 12.8. The third kappa shape index (κ3) is 3.24. The second kappa shape index (κ2) is 7.33. The quantitative estimate of drug-likeness (QED) is 0.763. The Balaban J connectivity index is 1.52. The number of hydrogen-bond acceptors (Lipinski definition) is 6. The average molecular weight is 368 g/mol. The summed E-state index contributed by atoms with van der Waals surface area (Å²) in [6.07, 6.45) is 5.25. The van der Waals surface area contributed by atoms with Gasteiger partial charge in [0.25, 0.3) is 5.91 Å². The Kier molecular flexibility index (Phi) is 4.75. The van der Waals surface area contributed by atoms with Gasteiger partial charge < -0.3 is 9.88 Å². The van der Waals surface area contributed by atoms with Crippen LogP contribution in [-0.4, -0.2) is 30.3 Å². The lowest BCUT2D eigenvalue weighted by atomic mass is 10.2. The van der Waals surface area contributed by atoms with Crippen molar-refractivity contribution in [1.82, 2.24) is 24.4 Å². The summed E-state index contributed by atoms with van der Waals surface area (Å²) in [6.45, 7) is 2.93. The summed E-state index contributed by atoms with van der Waals surface area (Å²) in [5.41, 5.74) is 2.48. The number of nitrogens with one attached hydrogen (secondary N) is 1. The first kappa shape index (κ1) is 16.8. The molecule has 0 radical (unpaired) electrons. The van der Waals surface area contributed by atoms with E-state index in [4.69, 9.17) is 0 Å². The number of hydrogen-bond donors (Lipinski definition) is 1. The molecule has 26 heavy (non-hydrogen) atoms. The molecule has 0 saturated heterocycles. The van der Waals surface area contributed by atoms with Crippen molar-refractivity contribution < 1.29 is 4.79 Å². The Bertz CT molecular complexity index is 914. The van der Waals surface area contributed by atoms with E-state index in [9.17, 15) is 4.79 Å². The van der Waals surface area contributed by atoms with Crippen LogP contribution in [0.3, 0.4) is 0 Å². The van der Waals surface area contributed by atoms with E-state index >= 15 is 0 Å². The Labute approximate surface area is 155 Å². The van der Waals surface area contributed by atoms with E-state index in [0.29, 0.717) is 11.3 Å². The normalized spacial score (nSPS) is 13.9. The molecule has 0 bridgehead atoms. The highest BCUT2D eigenvalue weighted by molar-refractivity contribution is 7.08. The topological polar surface area (TPSA) is 85.6 Å². The molecule has 1 aliphatic heterocycles. The predicted molar refractivity (Wildman–Crippen MR) is 100 cm³/mol. The zero-order valence-electron chi connectivity index (χ0n) is 14.6. The van der Waals surface area contributed by atoms with Crippen LogP contribution in [-0.2, 0) is 19.4 Å². The largest absolute Gasteiger partial charge is 0.321 e. The first-order valence-electron chi connectivity index (χ1n) is 8.91. The lowest BCUT2D eigenvalue weighted by Crippen LogP contribution is -2.12. The second-order valence-electron chi connectivity index (χ2n) is 6.34. The molecule has 1 aliphatic rings. The fraction of sp³-hybridized carbons (Fsp3) is 0.389. The number of anilines is 1. The number of amides is 1. The fourth-order valence-electron chi connectivity index (χ4n) is 3.20. The lowest BCUT2D eigenvalue weighted by Gasteiger charge is -2.08. The molecule has 2 aromatic heterocycles. The van der Waals surface area contributed by atoms with E-state index in [1.54, 1.807) is 0 Å². The number of benzene rings is 1. The summed E-state index contributed by atoms with van der Waals surface area (Å²) in [5.74, 6) is 1.81. The van der Waals surface area contributed by atoms with Gasteiger partial charge in [-0.2, -0.15) is 0 Å². The maximum Gasteiger partial charge on any atom is 0.269 e. The van der Waals surface area contributed by atoms with Crippen LogP contribution < -0.4 is 5.32 Å². The molecule has 8 heteroatoms. The number of nitrogens with zero attached hydrogens (tertiary/aromatic N) is 5. The van der Waals surface area contributed by atoms with Gasteiger partial charge in [0.2, 0.25) is 0 Å². The fourth-order valence-corrected chi connectivity index (χ4v) is 3.85. The van der Waals surface area contributed by atoms with Gasteiger partial charge in [-0.3, -0.25) is 4.79 Å². The standard InChI is InChI=1S/C18H20N6OS/c1-2-14-16(26-23-20-14)18(25)19-13-9-7-12(8-10-13)17-22-21-15-6-4-3-5-11-24(15)17/h7-10H,2-6,11H2,1H3,(H,19,25). The number of carbonyl (C=O) groups is 1. The molecule has 0 spiro atoms. The van der Waals surface area contributed by atoms with E-state index in [2.05, 4.69) is 29.7 Å². The van der Waals surface area contributed by atoms with E-state index < -0.39 is 0 Å². The minimum Gasteiger partial charge on any atom is -0.321 e. The van der Waals surface area contributed by atoms with Crippen molar-refractivity contribution in [3.8, 4) is 11.4 Å². The van der Waals surface area contributed by atoms with Crippen molar-refractivity contribution in [2.75, 3.05) is 5.32 Å². The zero-order valence-corrected chi connectivity index (χ0v) is 15.4. The zero-order chi connectivity index (χ0) is 17.9. The van der Waals surface area contributed by atoms with Crippen LogP contribution in [0.15, 0.2) is 24.3 Å². The van der Waals surface area contributed by atoms with Crippen molar-refractivity contribution in [3.63, 3.8) is 0 Å². The van der Waals surface area contributed by atoms with Gasteiger partial charge in [-0.15, -0.1) is 15.3 Å². The summed E-state index contributed by atoms with van der Waals surface area (Å²) in [4.78, 5) is 13.0. The maximum atomic E-state index is 12.4. The number of aromatic nitrogens is 5. The van der Waals surface area contributed by atoms with Gasteiger partial charge >= 0.3 is 0 Å². The van der Waals surface area contributed by atoms with Crippen molar-refractivity contribution in [1.29, 1.82) is 0 Å². The third-order valence-electron chi connectivity index (χ3n) is 4.61. The van der Waals surface area contributed by atoms with Crippen LogP contribution in [0.25, 0.3) is 11.4 Å². The Morgan fingerprint density at radius 1 is 1.15 bits per heavy atom. The SMILES string of the molecule is CCc1nnsc1C(=O)Nc1ccc(-c2nnc3n2CCCCC3)cc1. The monoisotopic (exact) mass is 368 g/mol. The van der Waals surface area contributed by atoms with Crippen molar-refractivity contribution in [3.05, 3.63) is 40.7 Å². The minimum absolute atomic E-state index is 0.166. The van der Waals surface area contributed by atoms with Crippen LogP contribution in [0.4, 0.5) is 5.69 Å². The van der Waals surface area contributed by atoms with Gasteiger partial charge in [0.1, 0.15) is 10.7 Å². The molecule has 1 N–H and O–H groups in total. The van der Waals surface area contributed by atoms with Crippen LogP contribution in [0, 0.1) is 0 Å². The van der Waals surface area contributed by atoms with E-state index in [-0.39, 0.29) is 5.91 Å². The molecule has 4 rings (SSSR count).